The number of aliphatic hydroxyl groups excluding tert-OH is 1. The van der Waals surface area contributed by atoms with Crippen molar-refractivity contribution in [3.8, 4) is 0 Å². The van der Waals surface area contributed by atoms with Crippen molar-refractivity contribution in [1.29, 1.82) is 0 Å². The second-order valence-corrected chi connectivity index (χ2v) is 3.71. The van der Waals surface area contributed by atoms with Crippen LogP contribution in [0.2, 0.25) is 0 Å². The number of aryl methyl sites for hydroxylation is 1. The first-order valence-corrected chi connectivity index (χ1v) is 4.55. The maximum absolute atomic E-state index is 9.48. The van der Waals surface area contributed by atoms with Crippen molar-refractivity contribution in [2.24, 2.45) is 7.05 Å². The van der Waals surface area contributed by atoms with Gasteiger partial charge in [-0.15, -0.1) is 0 Å². The van der Waals surface area contributed by atoms with Crippen molar-refractivity contribution in [1.82, 2.24) is 14.9 Å². The summed E-state index contributed by atoms with van der Waals surface area (Å²) in [6, 6.07) is 0. The lowest BCUT2D eigenvalue weighted by Gasteiger charge is -2.20. The number of hydrogen-bond donors (Lipinski definition) is 3. The number of aromatic nitrogens is 2. The molecule has 0 aliphatic rings. The second kappa shape index (κ2) is 4.54. The summed E-state index contributed by atoms with van der Waals surface area (Å²) < 4.78 is 1.90. The van der Waals surface area contributed by atoms with Gasteiger partial charge in [0.25, 0.3) is 0 Å². The molecule has 14 heavy (non-hydrogen) atoms. The topological polar surface area (TPSA) is 70.3 Å². The highest BCUT2D eigenvalue weighted by atomic mass is 16.3. The van der Waals surface area contributed by atoms with Crippen LogP contribution in [0.4, 0.5) is 0 Å². The molecule has 0 aromatic carbocycles. The Kier molecular flexibility index (Phi) is 3.62. The summed E-state index contributed by atoms with van der Waals surface area (Å²) in [5.74, 6) is 0.902. The molecule has 0 amide bonds. The van der Waals surface area contributed by atoms with Crippen LogP contribution in [0.25, 0.3) is 0 Å². The highest BCUT2D eigenvalue weighted by Crippen LogP contribution is 1.99. The van der Waals surface area contributed by atoms with Crippen molar-refractivity contribution in [2.45, 2.75) is 19.1 Å². The van der Waals surface area contributed by atoms with Crippen LogP contribution in [0, 0.1) is 0 Å². The smallest absolute Gasteiger partial charge is 0.122 e. The third-order valence-electron chi connectivity index (χ3n) is 2.05. The van der Waals surface area contributed by atoms with E-state index in [-0.39, 0.29) is 6.61 Å². The molecule has 1 aromatic heterocycles. The van der Waals surface area contributed by atoms with Crippen molar-refractivity contribution in [3.63, 3.8) is 0 Å². The lowest BCUT2D eigenvalue weighted by Crippen LogP contribution is -2.40. The van der Waals surface area contributed by atoms with Gasteiger partial charge in [-0.05, 0) is 6.92 Å². The van der Waals surface area contributed by atoms with Crippen molar-refractivity contribution in [3.05, 3.63) is 18.2 Å². The third-order valence-corrected chi connectivity index (χ3v) is 2.05. The Morgan fingerprint density at radius 1 is 1.64 bits per heavy atom. The van der Waals surface area contributed by atoms with Gasteiger partial charge >= 0.3 is 0 Å². The molecule has 1 atom stereocenters. The first kappa shape index (κ1) is 11.2. The van der Waals surface area contributed by atoms with E-state index in [1.165, 1.54) is 0 Å². The quantitative estimate of drug-likeness (QED) is 0.584. The van der Waals surface area contributed by atoms with Gasteiger partial charge in [0.05, 0.1) is 18.8 Å². The van der Waals surface area contributed by atoms with Crippen molar-refractivity contribution >= 4 is 0 Å². The van der Waals surface area contributed by atoms with E-state index < -0.39 is 5.60 Å². The van der Waals surface area contributed by atoms with Gasteiger partial charge in [-0.25, -0.2) is 4.98 Å². The minimum Gasteiger partial charge on any atom is -0.393 e. The zero-order valence-electron chi connectivity index (χ0n) is 8.56. The summed E-state index contributed by atoms with van der Waals surface area (Å²) in [6.45, 7) is 2.26. The second-order valence-electron chi connectivity index (χ2n) is 3.71. The number of aliphatic hydroxyl groups is 2. The number of imidazole rings is 1. The van der Waals surface area contributed by atoms with Crippen LogP contribution in [-0.2, 0) is 13.6 Å². The van der Waals surface area contributed by atoms with E-state index in [9.17, 15) is 5.11 Å². The van der Waals surface area contributed by atoms with E-state index in [2.05, 4.69) is 10.3 Å². The molecular weight excluding hydrogens is 182 g/mol. The fourth-order valence-corrected chi connectivity index (χ4v) is 1.07. The molecule has 1 rings (SSSR count). The molecule has 0 radical (unpaired) electrons. The molecule has 0 aliphatic carbocycles. The highest BCUT2D eigenvalue weighted by Gasteiger charge is 2.17. The monoisotopic (exact) mass is 199 g/mol. The molecule has 80 valence electrons. The van der Waals surface area contributed by atoms with Crippen molar-refractivity contribution in [2.75, 3.05) is 13.2 Å². The third kappa shape index (κ3) is 3.10. The fraction of sp³-hybridized carbons (Fsp3) is 0.667. The molecule has 5 heteroatoms. The van der Waals surface area contributed by atoms with Gasteiger partial charge in [0.15, 0.2) is 0 Å². The van der Waals surface area contributed by atoms with E-state index in [0.717, 1.165) is 5.82 Å². The maximum atomic E-state index is 9.48. The fourth-order valence-electron chi connectivity index (χ4n) is 1.07. The Morgan fingerprint density at radius 2 is 2.36 bits per heavy atom. The first-order valence-electron chi connectivity index (χ1n) is 4.55. The Morgan fingerprint density at radius 3 is 2.86 bits per heavy atom. The zero-order chi connectivity index (χ0) is 10.6. The van der Waals surface area contributed by atoms with E-state index in [1.807, 2.05) is 17.8 Å². The number of nitrogens with zero attached hydrogens (tertiary/aromatic N) is 2. The predicted molar refractivity (Wildman–Crippen MR) is 52.6 cm³/mol. The molecule has 0 saturated heterocycles. The van der Waals surface area contributed by atoms with Crippen LogP contribution in [0.3, 0.4) is 0 Å². The summed E-state index contributed by atoms with van der Waals surface area (Å²) in [5.41, 5.74) is -1.06. The number of rotatable bonds is 5. The summed E-state index contributed by atoms with van der Waals surface area (Å²) >= 11 is 0. The van der Waals surface area contributed by atoms with Gasteiger partial charge in [0.1, 0.15) is 5.82 Å². The van der Waals surface area contributed by atoms with Gasteiger partial charge in [-0.2, -0.15) is 0 Å². The van der Waals surface area contributed by atoms with Crippen LogP contribution in [0.5, 0.6) is 0 Å². The molecular formula is C9H17N3O2. The summed E-state index contributed by atoms with van der Waals surface area (Å²) in [7, 11) is 1.91. The molecule has 3 N–H and O–H groups in total. The summed E-state index contributed by atoms with van der Waals surface area (Å²) in [4.78, 5) is 4.12. The highest BCUT2D eigenvalue weighted by molar-refractivity contribution is 4.90. The van der Waals surface area contributed by atoms with Crippen molar-refractivity contribution < 1.29 is 10.2 Å². The minimum atomic E-state index is -1.06. The van der Waals surface area contributed by atoms with E-state index >= 15 is 0 Å². The SMILES string of the molecule is Cn1ccnc1CNCC(C)(O)CO. The van der Waals surface area contributed by atoms with E-state index in [0.29, 0.717) is 13.1 Å². The molecule has 1 heterocycles. The predicted octanol–water partition coefficient (Wildman–Crippen LogP) is -0.747. The van der Waals surface area contributed by atoms with Crippen LogP contribution in [0.1, 0.15) is 12.7 Å². The van der Waals surface area contributed by atoms with Crippen LogP contribution in [0.15, 0.2) is 12.4 Å². The standard InChI is InChI=1S/C9H17N3O2/c1-9(14,7-13)6-10-5-8-11-3-4-12(8)2/h3-4,10,13-14H,5-7H2,1-2H3. The molecule has 0 fully saturated rings. The van der Waals surface area contributed by atoms with Gasteiger partial charge in [-0.1, -0.05) is 0 Å². The lowest BCUT2D eigenvalue weighted by molar-refractivity contribution is 0.00239. The number of nitrogens with one attached hydrogen (secondary N) is 1. The van der Waals surface area contributed by atoms with Crippen LogP contribution >= 0.6 is 0 Å². The maximum Gasteiger partial charge on any atom is 0.122 e. The normalized spacial score (nSPS) is 15.4. The van der Waals surface area contributed by atoms with Gasteiger partial charge in [0, 0.05) is 26.0 Å². The molecule has 5 nitrogen and oxygen atoms in total. The van der Waals surface area contributed by atoms with E-state index in [1.54, 1.807) is 13.1 Å². The van der Waals surface area contributed by atoms with Gasteiger partial charge < -0.3 is 20.1 Å². The minimum absolute atomic E-state index is 0.249. The molecule has 0 aliphatic heterocycles. The molecule has 0 spiro atoms. The van der Waals surface area contributed by atoms with E-state index in [4.69, 9.17) is 5.11 Å². The largest absolute Gasteiger partial charge is 0.393 e. The molecule has 1 aromatic rings. The Bertz CT molecular complexity index is 283. The average molecular weight is 199 g/mol. The number of hydrogen-bond acceptors (Lipinski definition) is 4. The van der Waals surface area contributed by atoms with Gasteiger partial charge in [-0.3, -0.25) is 0 Å². The van der Waals surface area contributed by atoms with Crippen LogP contribution < -0.4 is 5.32 Å². The molecule has 0 saturated carbocycles. The molecule has 0 bridgehead atoms. The molecule has 1 unspecified atom stereocenters. The summed E-state index contributed by atoms with van der Waals surface area (Å²) in [5, 5.41) is 21.3. The lowest BCUT2D eigenvalue weighted by atomic mass is 10.1. The summed E-state index contributed by atoms with van der Waals surface area (Å²) in [6.07, 6.45) is 3.59. The average Bonchev–Trinajstić information content (AvgIpc) is 2.52. The van der Waals surface area contributed by atoms with Crippen LogP contribution in [-0.4, -0.2) is 38.5 Å². The Balaban J connectivity index is 2.32. The Hall–Kier alpha value is -0.910. The first-order chi connectivity index (χ1) is 6.55. The van der Waals surface area contributed by atoms with Gasteiger partial charge in [0.2, 0.25) is 0 Å². The zero-order valence-corrected chi connectivity index (χ0v) is 8.56. The Labute approximate surface area is 83.4 Å².